The molecule has 1 aliphatic rings. The highest BCUT2D eigenvalue weighted by molar-refractivity contribution is 5.81. The van der Waals surface area contributed by atoms with Gasteiger partial charge in [-0.2, -0.15) is 0 Å². The number of rotatable bonds is 3. The van der Waals surface area contributed by atoms with Gasteiger partial charge >= 0.3 is 0 Å². The van der Waals surface area contributed by atoms with E-state index < -0.39 is 0 Å². The highest BCUT2D eigenvalue weighted by atomic mass is 19.1. The van der Waals surface area contributed by atoms with E-state index in [0.717, 1.165) is 28.7 Å². The van der Waals surface area contributed by atoms with Gasteiger partial charge in [0.2, 0.25) is 5.91 Å². The van der Waals surface area contributed by atoms with Gasteiger partial charge in [0.25, 0.3) is 0 Å². The van der Waals surface area contributed by atoms with Gasteiger partial charge in [-0.15, -0.1) is 0 Å². The number of imidazole rings is 1. The molecule has 23 heavy (non-hydrogen) atoms. The molecule has 0 aliphatic carbocycles. The number of amides is 1. The summed E-state index contributed by atoms with van der Waals surface area (Å²) in [5.74, 6) is -0.143. The summed E-state index contributed by atoms with van der Waals surface area (Å²) in [7, 11) is 0. The van der Waals surface area contributed by atoms with E-state index in [1.54, 1.807) is 12.4 Å². The van der Waals surface area contributed by atoms with Crippen LogP contribution in [0.25, 0.3) is 10.9 Å². The van der Waals surface area contributed by atoms with Gasteiger partial charge in [-0.05, 0) is 29.7 Å². The third-order valence-corrected chi connectivity index (χ3v) is 4.43. The van der Waals surface area contributed by atoms with Gasteiger partial charge in [0.1, 0.15) is 5.82 Å². The zero-order valence-corrected chi connectivity index (χ0v) is 12.6. The molecule has 1 amide bonds. The van der Waals surface area contributed by atoms with Gasteiger partial charge < -0.3 is 14.5 Å². The zero-order valence-electron chi connectivity index (χ0n) is 12.6. The Labute approximate surface area is 132 Å². The lowest BCUT2D eigenvalue weighted by Crippen LogP contribution is -2.36. The normalized spacial score (nSPS) is 14.2. The average Bonchev–Trinajstić information content (AvgIpc) is 3.18. The van der Waals surface area contributed by atoms with Crippen LogP contribution in [-0.4, -0.2) is 31.9 Å². The summed E-state index contributed by atoms with van der Waals surface area (Å²) < 4.78 is 15.3. The highest BCUT2D eigenvalue weighted by Crippen LogP contribution is 2.19. The Balaban J connectivity index is 1.44. The molecule has 3 heterocycles. The van der Waals surface area contributed by atoms with Crippen molar-refractivity contribution in [2.45, 2.75) is 25.9 Å². The quantitative estimate of drug-likeness (QED) is 0.808. The first kappa shape index (κ1) is 14.0. The largest absolute Gasteiger partial charge is 0.347 e. The Bertz CT molecular complexity index is 866. The molecule has 1 aliphatic heterocycles. The number of nitrogens with one attached hydrogen (secondary N) is 1. The van der Waals surface area contributed by atoms with Crippen LogP contribution in [0.1, 0.15) is 17.8 Å². The number of benzene rings is 1. The molecular formula is C17H17FN4O. The Kier molecular flexibility index (Phi) is 3.37. The molecule has 0 unspecified atom stereocenters. The second-order valence-electron chi connectivity index (χ2n) is 5.86. The molecular weight excluding hydrogens is 295 g/mol. The van der Waals surface area contributed by atoms with Gasteiger partial charge in [0.15, 0.2) is 0 Å². The van der Waals surface area contributed by atoms with Crippen LogP contribution in [0, 0.1) is 5.82 Å². The van der Waals surface area contributed by atoms with Crippen LogP contribution in [-0.2, 0) is 24.3 Å². The fraction of sp³-hybridized carbons (Fsp3) is 0.294. The number of H-pyrrole nitrogens is 1. The average molecular weight is 312 g/mol. The van der Waals surface area contributed by atoms with E-state index in [1.807, 2.05) is 21.7 Å². The van der Waals surface area contributed by atoms with Crippen LogP contribution in [0.2, 0.25) is 0 Å². The van der Waals surface area contributed by atoms with Crippen LogP contribution in [0.5, 0.6) is 0 Å². The van der Waals surface area contributed by atoms with Crippen molar-refractivity contribution < 1.29 is 9.18 Å². The Morgan fingerprint density at radius 3 is 3.17 bits per heavy atom. The van der Waals surface area contributed by atoms with E-state index in [9.17, 15) is 9.18 Å². The molecule has 6 heteroatoms. The number of hydrogen-bond acceptors (Lipinski definition) is 2. The number of aryl methyl sites for hydroxylation is 1. The van der Waals surface area contributed by atoms with Crippen LogP contribution in [0.15, 0.2) is 36.8 Å². The first-order chi connectivity index (χ1) is 11.2. The van der Waals surface area contributed by atoms with Crippen molar-refractivity contribution in [2.24, 2.45) is 0 Å². The number of fused-ring (bicyclic) bond motifs is 2. The van der Waals surface area contributed by atoms with Gasteiger partial charge in [0.05, 0.1) is 29.8 Å². The zero-order chi connectivity index (χ0) is 15.8. The number of nitrogens with zero attached hydrogens (tertiary/aromatic N) is 3. The van der Waals surface area contributed by atoms with E-state index in [4.69, 9.17) is 0 Å². The van der Waals surface area contributed by atoms with E-state index in [0.29, 0.717) is 26.1 Å². The minimum absolute atomic E-state index is 0.114. The van der Waals surface area contributed by atoms with Crippen molar-refractivity contribution in [3.05, 3.63) is 54.0 Å². The molecule has 0 spiro atoms. The fourth-order valence-electron chi connectivity index (χ4n) is 3.15. The minimum atomic E-state index is -0.258. The van der Waals surface area contributed by atoms with E-state index >= 15 is 0 Å². The van der Waals surface area contributed by atoms with Crippen molar-refractivity contribution in [1.82, 2.24) is 19.4 Å². The summed E-state index contributed by atoms with van der Waals surface area (Å²) in [6.45, 7) is 1.85. The highest BCUT2D eigenvalue weighted by Gasteiger charge is 2.22. The summed E-state index contributed by atoms with van der Waals surface area (Å²) in [6, 6.07) is 6.66. The lowest BCUT2D eigenvalue weighted by molar-refractivity contribution is -0.132. The Morgan fingerprint density at radius 2 is 2.26 bits per heavy atom. The SMILES string of the molecule is O=C(CCn1ccc2ccc(F)cc21)N1CCc2nc[nH]c2C1. The minimum Gasteiger partial charge on any atom is -0.347 e. The van der Waals surface area contributed by atoms with Crippen LogP contribution < -0.4 is 0 Å². The van der Waals surface area contributed by atoms with Gasteiger partial charge in [-0.1, -0.05) is 0 Å². The first-order valence-corrected chi connectivity index (χ1v) is 7.74. The molecule has 4 rings (SSSR count). The van der Waals surface area contributed by atoms with Gasteiger partial charge in [-0.25, -0.2) is 9.37 Å². The monoisotopic (exact) mass is 312 g/mol. The molecule has 0 saturated carbocycles. The third-order valence-electron chi connectivity index (χ3n) is 4.43. The molecule has 0 radical (unpaired) electrons. The van der Waals surface area contributed by atoms with Crippen LogP contribution in [0.4, 0.5) is 4.39 Å². The molecule has 0 atom stereocenters. The number of halogens is 1. The van der Waals surface area contributed by atoms with Gasteiger partial charge in [0, 0.05) is 32.1 Å². The smallest absolute Gasteiger partial charge is 0.224 e. The molecule has 2 aromatic heterocycles. The number of aromatic nitrogens is 3. The van der Waals surface area contributed by atoms with Crippen molar-refractivity contribution in [3.8, 4) is 0 Å². The number of carbonyl (C=O) groups excluding carboxylic acids is 1. The molecule has 1 N–H and O–H groups in total. The summed E-state index contributed by atoms with van der Waals surface area (Å²) in [5.41, 5.74) is 2.91. The standard InChI is InChI=1S/C17H17FN4O/c18-13-2-1-12-3-6-21(16(12)9-13)8-5-17(23)22-7-4-14-15(10-22)20-11-19-14/h1-3,6,9,11H,4-5,7-8,10H2,(H,19,20). The molecule has 3 aromatic rings. The molecule has 5 nitrogen and oxygen atoms in total. The van der Waals surface area contributed by atoms with E-state index in [1.165, 1.54) is 12.1 Å². The Hall–Kier alpha value is -2.63. The van der Waals surface area contributed by atoms with Gasteiger partial charge in [-0.3, -0.25) is 4.79 Å². The molecule has 0 saturated heterocycles. The maximum atomic E-state index is 13.4. The summed E-state index contributed by atoms with van der Waals surface area (Å²) in [6.07, 6.45) is 4.78. The van der Waals surface area contributed by atoms with E-state index in [2.05, 4.69) is 9.97 Å². The van der Waals surface area contributed by atoms with Crippen LogP contribution >= 0.6 is 0 Å². The predicted octanol–water partition coefficient (Wildman–Crippen LogP) is 2.48. The molecule has 1 aromatic carbocycles. The topological polar surface area (TPSA) is 53.9 Å². The van der Waals surface area contributed by atoms with Crippen molar-refractivity contribution in [3.63, 3.8) is 0 Å². The summed E-state index contributed by atoms with van der Waals surface area (Å²) in [4.78, 5) is 21.6. The summed E-state index contributed by atoms with van der Waals surface area (Å²) in [5, 5.41) is 0.985. The maximum Gasteiger partial charge on any atom is 0.224 e. The lowest BCUT2D eigenvalue weighted by atomic mass is 10.1. The second-order valence-corrected chi connectivity index (χ2v) is 5.86. The van der Waals surface area contributed by atoms with Crippen molar-refractivity contribution >= 4 is 16.8 Å². The molecule has 0 bridgehead atoms. The van der Waals surface area contributed by atoms with Crippen LogP contribution in [0.3, 0.4) is 0 Å². The lowest BCUT2D eigenvalue weighted by Gasteiger charge is -2.26. The first-order valence-electron chi connectivity index (χ1n) is 7.74. The number of hydrogen-bond donors (Lipinski definition) is 1. The maximum absolute atomic E-state index is 13.4. The third kappa shape index (κ3) is 2.60. The fourth-order valence-corrected chi connectivity index (χ4v) is 3.15. The predicted molar refractivity (Wildman–Crippen MR) is 84.2 cm³/mol. The van der Waals surface area contributed by atoms with Crippen molar-refractivity contribution in [1.29, 1.82) is 0 Å². The molecule has 118 valence electrons. The Morgan fingerprint density at radius 1 is 1.35 bits per heavy atom. The number of aromatic amines is 1. The molecule has 0 fully saturated rings. The second kappa shape index (κ2) is 5.53. The summed E-state index contributed by atoms with van der Waals surface area (Å²) >= 11 is 0. The van der Waals surface area contributed by atoms with Crippen molar-refractivity contribution in [2.75, 3.05) is 6.54 Å². The van der Waals surface area contributed by atoms with E-state index in [-0.39, 0.29) is 11.7 Å². The number of carbonyl (C=O) groups is 1.